The van der Waals surface area contributed by atoms with Crippen molar-refractivity contribution in [2.75, 3.05) is 6.54 Å². The lowest BCUT2D eigenvalue weighted by Crippen LogP contribution is -2.24. The Morgan fingerprint density at radius 1 is 1.20 bits per heavy atom. The molecule has 0 aromatic heterocycles. The zero-order valence-corrected chi connectivity index (χ0v) is 9.12. The highest BCUT2D eigenvalue weighted by molar-refractivity contribution is 5.76. The number of amides is 1. The van der Waals surface area contributed by atoms with Crippen LogP contribution < -0.4 is 5.32 Å². The minimum absolute atomic E-state index is 0.153. The second-order valence-corrected chi connectivity index (χ2v) is 4.53. The van der Waals surface area contributed by atoms with Gasteiger partial charge in [0.05, 0.1) is 0 Å². The monoisotopic (exact) mass is 203 g/mol. The molecule has 2 rings (SSSR count). The van der Waals surface area contributed by atoms with Gasteiger partial charge in [0, 0.05) is 13.0 Å². The van der Waals surface area contributed by atoms with Gasteiger partial charge in [-0.15, -0.1) is 0 Å². The van der Waals surface area contributed by atoms with Crippen LogP contribution in [0.1, 0.15) is 31.7 Å². The van der Waals surface area contributed by atoms with E-state index in [1.54, 1.807) is 0 Å². The highest BCUT2D eigenvalue weighted by Gasteiger charge is 2.29. The maximum absolute atomic E-state index is 11.3. The molecule has 1 aliphatic rings. The molecule has 1 aromatic carbocycles. The summed E-state index contributed by atoms with van der Waals surface area (Å²) < 4.78 is 0. The van der Waals surface area contributed by atoms with Crippen LogP contribution in [0.2, 0.25) is 0 Å². The topological polar surface area (TPSA) is 29.1 Å². The van der Waals surface area contributed by atoms with Crippen LogP contribution in [0.4, 0.5) is 0 Å². The Morgan fingerprint density at radius 2 is 1.93 bits per heavy atom. The van der Waals surface area contributed by atoms with Crippen molar-refractivity contribution in [1.29, 1.82) is 0 Å². The first-order chi connectivity index (χ1) is 7.21. The number of hydrogen-bond donors (Lipinski definition) is 1. The largest absolute Gasteiger partial charge is 0.356 e. The quantitative estimate of drug-likeness (QED) is 0.745. The number of hydrogen-bond acceptors (Lipinski definition) is 1. The number of carbonyl (C=O) groups excluding carboxylic acids is 1. The lowest BCUT2D eigenvalue weighted by atomic mass is 9.76. The van der Waals surface area contributed by atoms with Gasteiger partial charge in [-0.05, 0) is 23.8 Å². The van der Waals surface area contributed by atoms with Gasteiger partial charge in [-0.25, -0.2) is 0 Å². The fourth-order valence-electron chi connectivity index (χ4n) is 2.21. The molecule has 15 heavy (non-hydrogen) atoms. The summed E-state index contributed by atoms with van der Waals surface area (Å²) in [4.78, 5) is 11.3. The molecule has 1 atom stereocenters. The van der Waals surface area contributed by atoms with Crippen LogP contribution in [0.3, 0.4) is 0 Å². The standard InChI is InChI=1S/C13H17NO/c1-13(11-5-3-2-4-6-11)8-7-12(15)14-10-9-13/h2-6H,7-10H2,1H3,(H,14,15). The Hall–Kier alpha value is -1.31. The number of carbonyl (C=O) groups is 1. The Morgan fingerprint density at radius 3 is 2.67 bits per heavy atom. The fourth-order valence-corrected chi connectivity index (χ4v) is 2.21. The molecular weight excluding hydrogens is 186 g/mol. The van der Waals surface area contributed by atoms with E-state index in [1.807, 2.05) is 6.07 Å². The van der Waals surface area contributed by atoms with Crippen LogP contribution in [0, 0.1) is 0 Å². The highest BCUT2D eigenvalue weighted by Crippen LogP contribution is 2.33. The summed E-state index contributed by atoms with van der Waals surface area (Å²) in [7, 11) is 0. The van der Waals surface area contributed by atoms with Crippen LogP contribution in [-0.2, 0) is 10.2 Å². The lowest BCUT2D eigenvalue weighted by molar-refractivity contribution is -0.120. The van der Waals surface area contributed by atoms with E-state index in [9.17, 15) is 4.79 Å². The number of nitrogens with one attached hydrogen (secondary N) is 1. The predicted octanol–water partition coefficient (Wildman–Crippen LogP) is 2.24. The van der Waals surface area contributed by atoms with Crippen molar-refractivity contribution < 1.29 is 4.79 Å². The molecule has 2 nitrogen and oxygen atoms in total. The van der Waals surface area contributed by atoms with E-state index in [-0.39, 0.29) is 11.3 Å². The van der Waals surface area contributed by atoms with E-state index in [2.05, 4.69) is 36.5 Å². The SMILES string of the molecule is CC1(c2ccccc2)CCNC(=O)CC1. The molecule has 1 N–H and O–H groups in total. The molecule has 0 radical (unpaired) electrons. The molecule has 1 amide bonds. The Kier molecular flexibility index (Phi) is 2.76. The first kappa shape index (κ1) is 10.2. The van der Waals surface area contributed by atoms with Gasteiger partial charge in [-0.1, -0.05) is 37.3 Å². The van der Waals surface area contributed by atoms with Gasteiger partial charge in [-0.3, -0.25) is 4.79 Å². The van der Waals surface area contributed by atoms with E-state index in [1.165, 1.54) is 5.56 Å². The van der Waals surface area contributed by atoms with E-state index in [0.29, 0.717) is 6.42 Å². The molecule has 1 saturated heterocycles. The highest BCUT2D eigenvalue weighted by atomic mass is 16.1. The third-order valence-corrected chi connectivity index (χ3v) is 3.37. The zero-order chi connectivity index (χ0) is 10.7. The fraction of sp³-hybridized carbons (Fsp3) is 0.462. The third kappa shape index (κ3) is 2.20. The lowest BCUT2D eigenvalue weighted by Gasteiger charge is -2.27. The van der Waals surface area contributed by atoms with Crippen LogP contribution in [0.5, 0.6) is 0 Å². The van der Waals surface area contributed by atoms with Crippen LogP contribution in [-0.4, -0.2) is 12.5 Å². The molecule has 0 spiro atoms. The summed E-state index contributed by atoms with van der Waals surface area (Å²) in [5.41, 5.74) is 1.50. The normalized spacial score (nSPS) is 26.9. The van der Waals surface area contributed by atoms with E-state index in [0.717, 1.165) is 19.4 Å². The van der Waals surface area contributed by atoms with Crippen molar-refractivity contribution in [1.82, 2.24) is 5.32 Å². The number of benzene rings is 1. The number of rotatable bonds is 1. The molecule has 80 valence electrons. The summed E-state index contributed by atoms with van der Waals surface area (Å²) in [5, 5.41) is 2.93. The van der Waals surface area contributed by atoms with Gasteiger partial charge in [0.25, 0.3) is 0 Å². The average molecular weight is 203 g/mol. The second-order valence-electron chi connectivity index (χ2n) is 4.53. The van der Waals surface area contributed by atoms with Crippen molar-refractivity contribution >= 4 is 5.91 Å². The second kappa shape index (κ2) is 4.05. The Balaban J connectivity index is 2.22. The van der Waals surface area contributed by atoms with Crippen molar-refractivity contribution in [2.24, 2.45) is 0 Å². The third-order valence-electron chi connectivity index (χ3n) is 3.37. The average Bonchev–Trinajstić information content (AvgIpc) is 2.44. The molecule has 1 aliphatic heterocycles. The van der Waals surface area contributed by atoms with Crippen molar-refractivity contribution in [3.8, 4) is 0 Å². The van der Waals surface area contributed by atoms with Crippen LogP contribution in [0.25, 0.3) is 0 Å². The predicted molar refractivity (Wildman–Crippen MR) is 60.7 cm³/mol. The summed E-state index contributed by atoms with van der Waals surface area (Å²) in [6, 6.07) is 10.5. The van der Waals surface area contributed by atoms with Gasteiger partial charge < -0.3 is 5.32 Å². The molecule has 1 heterocycles. The van der Waals surface area contributed by atoms with E-state index < -0.39 is 0 Å². The molecule has 0 aliphatic carbocycles. The summed E-state index contributed by atoms with van der Waals surface area (Å²) >= 11 is 0. The van der Waals surface area contributed by atoms with E-state index >= 15 is 0 Å². The molecular formula is C13H17NO. The Labute approximate surface area is 90.7 Å². The molecule has 0 saturated carbocycles. The molecule has 1 fully saturated rings. The van der Waals surface area contributed by atoms with Gasteiger partial charge in [0.15, 0.2) is 0 Å². The van der Waals surface area contributed by atoms with Gasteiger partial charge >= 0.3 is 0 Å². The van der Waals surface area contributed by atoms with Gasteiger partial charge in [-0.2, -0.15) is 0 Å². The van der Waals surface area contributed by atoms with Crippen molar-refractivity contribution in [2.45, 2.75) is 31.6 Å². The first-order valence-electron chi connectivity index (χ1n) is 5.53. The maximum atomic E-state index is 11.3. The van der Waals surface area contributed by atoms with Gasteiger partial charge in [0.1, 0.15) is 0 Å². The molecule has 2 heteroatoms. The van der Waals surface area contributed by atoms with Gasteiger partial charge in [0.2, 0.25) is 5.91 Å². The smallest absolute Gasteiger partial charge is 0.220 e. The molecule has 0 bridgehead atoms. The maximum Gasteiger partial charge on any atom is 0.220 e. The molecule has 1 aromatic rings. The summed E-state index contributed by atoms with van der Waals surface area (Å²) in [6.45, 7) is 3.05. The van der Waals surface area contributed by atoms with Crippen molar-refractivity contribution in [3.05, 3.63) is 35.9 Å². The van der Waals surface area contributed by atoms with Crippen LogP contribution >= 0.6 is 0 Å². The zero-order valence-electron chi connectivity index (χ0n) is 9.12. The van der Waals surface area contributed by atoms with Crippen molar-refractivity contribution in [3.63, 3.8) is 0 Å². The summed E-state index contributed by atoms with van der Waals surface area (Å²) in [6.07, 6.45) is 2.62. The summed E-state index contributed by atoms with van der Waals surface area (Å²) in [5.74, 6) is 0.189. The van der Waals surface area contributed by atoms with Crippen LogP contribution in [0.15, 0.2) is 30.3 Å². The van der Waals surface area contributed by atoms with E-state index in [4.69, 9.17) is 0 Å². The molecule has 1 unspecified atom stereocenters. The minimum atomic E-state index is 0.153. The minimum Gasteiger partial charge on any atom is -0.356 e. The Bertz CT molecular complexity index is 347. The first-order valence-corrected chi connectivity index (χ1v) is 5.53.